The highest BCUT2D eigenvalue weighted by Crippen LogP contribution is 2.21. The lowest BCUT2D eigenvalue weighted by Gasteiger charge is -2.30. The molecule has 0 spiro atoms. The Morgan fingerprint density at radius 3 is 2.84 bits per heavy atom. The van der Waals surface area contributed by atoms with Gasteiger partial charge in [-0.2, -0.15) is 4.98 Å². The molecule has 7 heteroatoms. The average Bonchev–Trinajstić information content (AvgIpc) is 2.98. The van der Waals surface area contributed by atoms with Crippen LogP contribution in [0.4, 0.5) is 5.95 Å². The van der Waals surface area contributed by atoms with E-state index in [0.717, 1.165) is 37.7 Å². The van der Waals surface area contributed by atoms with Crippen molar-refractivity contribution in [2.45, 2.75) is 25.0 Å². The summed E-state index contributed by atoms with van der Waals surface area (Å²) in [7, 11) is 2.02. The van der Waals surface area contributed by atoms with Gasteiger partial charge in [0.1, 0.15) is 6.10 Å². The predicted molar refractivity (Wildman–Crippen MR) is 70.2 cm³/mol. The van der Waals surface area contributed by atoms with E-state index in [9.17, 15) is 0 Å². The van der Waals surface area contributed by atoms with Crippen LogP contribution >= 0.6 is 0 Å². The molecule has 0 saturated carbocycles. The molecular weight excluding hydrogens is 246 g/mol. The van der Waals surface area contributed by atoms with E-state index in [1.54, 1.807) is 0 Å². The molecule has 0 radical (unpaired) electrons. The molecule has 0 aromatic carbocycles. The first-order valence-corrected chi connectivity index (χ1v) is 6.90. The molecule has 1 atom stereocenters. The first-order valence-electron chi connectivity index (χ1n) is 6.90. The van der Waals surface area contributed by atoms with E-state index in [4.69, 9.17) is 9.47 Å². The fourth-order valence-electron chi connectivity index (χ4n) is 2.56. The van der Waals surface area contributed by atoms with Gasteiger partial charge in [-0.25, -0.2) is 0 Å². The second kappa shape index (κ2) is 5.85. The second-order valence-corrected chi connectivity index (χ2v) is 5.00. The first-order chi connectivity index (χ1) is 9.36. The van der Waals surface area contributed by atoms with Crippen LogP contribution in [0.15, 0.2) is 0 Å². The summed E-state index contributed by atoms with van der Waals surface area (Å²) in [6.07, 6.45) is 2.15. The van der Waals surface area contributed by atoms with Crippen LogP contribution in [0.3, 0.4) is 0 Å². The minimum absolute atomic E-state index is 0.107. The van der Waals surface area contributed by atoms with Crippen LogP contribution in [0.25, 0.3) is 0 Å². The van der Waals surface area contributed by atoms with Gasteiger partial charge < -0.3 is 19.7 Å². The molecule has 7 nitrogen and oxygen atoms in total. The molecule has 106 valence electrons. The van der Waals surface area contributed by atoms with Gasteiger partial charge >= 0.3 is 0 Å². The topological polar surface area (TPSA) is 75.3 Å². The predicted octanol–water partition coefficient (Wildman–Crippen LogP) is 0.0808. The smallest absolute Gasteiger partial charge is 0.244 e. The molecule has 0 amide bonds. The minimum Gasteiger partial charge on any atom is -0.376 e. The zero-order valence-electron chi connectivity index (χ0n) is 11.3. The number of piperidine rings is 1. The highest BCUT2D eigenvalue weighted by Gasteiger charge is 2.24. The van der Waals surface area contributed by atoms with Crippen LogP contribution in [-0.4, -0.2) is 61.2 Å². The third-order valence-electron chi connectivity index (χ3n) is 3.80. The van der Waals surface area contributed by atoms with Crippen molar-refractivity contribution in [2.75, 3.05) is 44.9 Å². The van der Waals surface area contributed by atoms with E-state index in [1.165, 1.54) is 0 Å². The standard InChI is InChI=1S/C12H21N5O2/c1-13-9-2-4-17(5-3-9)12-14-11(15-16-12)10-8-18-6-7-19-10/h9-10,13H,2-8H2,1H3,(H,14,15,16). The summed E-state index contributed by atoms with van der Waals surface area (Å²) in [5.74, 6) is 1.55. The van der Waals surface area contributed by atoms with Crippen molar-refractivity contribution in [1.29, 1.82) is 0 Å². The number of anilines is 1. The van der Waals surface area contributed by atoms with Gasteiger partial charge in [-0.1, -0.05) is 0 Å². The SMILES string of the molecule is CNC1CCN(c2n[nH]c(C3COCCO3)n2)CC1. The van der Waals surface area contributed by atoms with Crippen LogP contribution in [0.5, 0.6) is 0 Å². The lowest BCUT2D eigenvalue weighted by Crippen LogP contribution is -2.41. The molecule has 0 bridgehead atoms. The molecule has 0 aliphatic carbocycles. The van der Waals surface area contributed by atoms with Gasteiger partial charge in [0.25, 0.3) is 0 Å². The highest BCUT2D eigenvalue weighted by atomic mass is 16.6. The first kappa shape index (κ1) is 12.8. The van der Waals surface area contributed by atoms with Crippen molar-refractivity contribution in [3.63, 3.8) is 0 Å². The van der Waals surface area contributed by atoms with E-state index in [-0.39, 0.29) is 6.10 Å². The largest absolute Gasteiger partial charge is 0.376 e. The number of ether oxygens (including phenoxy) is 2. The van der Waals surface area contributed by atoms with Crippen molar-refractivity contribution in [3.8, 4) is 0 Å². The molecule has 2 fully saturated rings. The average molecular weight is 267 g/mol. The van der Waals surface area contributed by atoms with Crippen LogP contribution in [0.2, 0.25) is 0 Å². The van der Waals surface area contributed by atoms with Crippen molar-refractivity contribution < 1.29 is 9.47 Å². The van der Waals surface area contributed by atoms with Crippen molar-refractivity contribution in [1.82, 2.24) is 20.5 Å². The number of aromatic amines is 1. The van der Waals surface area contributed by atoms with Gasteiger partial charge in [-0.3, -0.25) is 5.10 Å². The summed E-state index contributed by atoms with van der Waals surface area (Å²) >= 11 is 0. The summed E-state index contributed by atoms with van der Waals surface area (Å²) in [4.78, 5) is 6.76. The molecule has 2 aliphatic rings. The lowest BCUT2D eigenvalue weighted by molar-refractivity contribution is -0.0933. The highest BCUT2D eigenvalue weighted by molar-refractivity contribution is 5.29. The van der Waals surface area contributed by atoms with Crippen molar-refractivity contribution in [3.05, 3.63) is 5.82 Å². The van der Waals surface area contributed by atoms with Crippen molar-refractivity contribution >= 4 is 5.95 Å². The molecule has 3 heterocycles. The number of H-pyrrole nitrogens is 1. The molecule has 1 aromatic heterocycles. The van der Waals surface area contributed by atoms with Gasteiger partial charge in [0.15, 0.2) is 5.82 Å². The quantitative estimate of drug-likeness (QED) is 0.808. The molecule has 1 unspecified atom stereocenters. The summed E-state index contributed by atoms with van der Waals surface area (Å²) in [6, 6.07) is 0.616. The summed E-state index contributed by atoms with van der Waals surface area (Å²) in [5, 5.41) is 10.6. The van der Waals surface area contributed by atoms with E-state index in [2.05, 4.69) is 25.4 Å². The third-order valence-corrected chi connectivity index (χ3v) is 3.80. The zero-order chi connectivity index (χ0) is 13.1. The number of aromatic nitrogens is 3. The Morgan fingerprint density at radius 1 is 1.32 bits per heavy atom. The maximum Gasteiger partial charge on any atom is 0.244 e. The van der Waals surface area contributed by atoms with E-state index < -0.39 is 0 Å². The molecule has 2 saturated heterocycles. The third kappa shape index (κ3) is 2.88. The fraction of sp³-hybridized carbons (Fsp3) is 0.833. The molecule has 2 aliphatic heterocycles. The summed E-state index contributed by atoms with van der Waals surface area (Å²) < 4.78 is 11.0. The van der Waals surface area contributed by atoms with Crippen LogP contribution in [0.1, 0.15) is 24.8 Å². The molecule has 3 rings (SSSR count). The number of nitrogens with one attached hydrogen (secondary N) is 2. The number of hydrogen-bond donors (Lipinski definition) is 2. The normalized spacial score (nSPS) is 25.7. The van der Waals surface area contributed by atoms with E-state index in [1.807, 2.05) is 7.05 Å². The van der Waals surface area contributed by atoms with Gasteiger partial charge in [0.2, 0.25) is 5.95 Å². The Hall–Kier alpha value is -1.18. The zero-order valence-corrected chi connectivity index (χ0v) is 11.3. The van der Waals surface area contributed by atoms with Gasteiger partial charge in [-0.05, 0) is 19.9 Å². The lowest BCUT2D eigenvalue weighted by atomic mass is 10.1. The fourth-order valence-corrected chi connectivity index (χ4v) is 2.56. The number of rotatable bonds is 3. The maximum atomic E-state index is 5.61. The molecular formula is C12H21N5O2. The summed E-state index contributed by atoms with van der Waals surface area (Å²) in [5.41, 5.74) is 0. The Labute approximate surface area is 112 Å². The van der Waals surface area contributed by atoms with Crippen LogP contribution in [0, 0.1) is 0 Å². The van der Waals surface area contributed by atoms with Crippen LogP contribution in [-0.2, 0) is 9.47 Å². The Kier molecular flexibility index (Phi) is 3.95. The Morgan fingerprint density at radius 2 is 2.16 bits per heavy atom. The monoisotopic (exact) mass is 267 g/mol. The van der Waals surface area contributed by atoms with E-state index >= 15 is 0 Å². The van der Waals surface area contributed by atoms with Gasteiger partial charge in [0, 0.05) is 19.1 Å². The minimum atomic E-state index is -0.107. The number of hydrogen-bond acceptors (Lipinski definition) is 6. The Bertz CT molecular complexity index is 397. The van der Waals surface area contributed by atoms with E-state index in [0.29, 0.717) is 25.9 Å². The van der Waals surface area contributed by atoms with Crippen LogP contribution < -0.4 is 10.2 Å². The molecule has 19 heavy (non-hydrogen) atoms. The number of nitrogens with zero attached hydrogens (tertiary/aromatic N) is 3. The molecule has 1 aromatic rings. The maximum absolute atomic E-state index is 5.61. The van der Waals surface area contributed by atoms with Gasteiger partial charge in [-0.15, -0.1) is 5.10 Å². The Balaban J connectivity index is 1.61. The summed E-state index contributed by atoms with van der Waals surface area (Å²) in [6.45, 7) is 3.81. The van der Waals surface area contributed by atoms with Crippen molar-refractivity contribution in [2.24, 2.45) is 0 Å². The second-order valence-electron chi connectivity index (χ2n) is 5.00. The molecule has 2 N–H and O–H groups in total. The van der Waals surface area contributed by atoms with Gasteiger partial charge in [0.05, 0.1) is 19.8 Å².